The number of nitrogens with one attached hydrogen (secondary N) is 1. The van der Waals surface area contributed by atoms with E-state index in [9.17, 15) is 9.59 Å². The zero-order valence-corrected chi connectivity index (χ0v) is 11.3. The molecular weight excluding hydrogens is 252 g/mol. The van der Waals surface area contributed by atoms with Crippen LogP contribution in [-0.4, -0.2) is 68.1 Å². The van der Waals surface area contributed by atoms with E-state index in [-0.39, 0.29) is 25.2 Å². The maximum Gasteiger partial charge on any atom is 0.317 e. The number of ether oxygens (including phenoxy) is 2. The number of nitrogens with zero attached hydrogens (tertiary/aromatic N) is 1. The van der Waals surface area contributed by atoms with Crippen LogP contribution < -0.4 is 5.32 Å². The van der Waals surface area contributed by atoms with Gasteiger partial charge in [0, 0.05) is 26.7 Å². The predicted octanol–water partition coefficient (Wildman–Crippen LogP) is 0.298. The Morgan fingerprint density at radius 2 is 2.00 bits per heavy atom. The van der Waals surface area contributed by atoms with Crippen molar-refractivity contribution in [2.75, 3.05) is 40.0 Å². The molecule has 1 saturated heterocycles. The molecule has 0 bridgehead atoms. The number of carbonyl (C=O) groups excluding carboxylic acids is 1. The minimum atomic E-state index is -0.852. The van der Waals surface area contributed by atoms with Crippen molar-refractivity contribution in [2.45, 2.75) is 25.4 Å². The molecular formula is C12H22N2O5. The largest absolute Gasteiger partial charge is 0.481 e. The summed E-state index contributed by atoms with van der Waals surface area (Å²) in [5.74, 6) is -0.852. The molecule has 1 aliphatic heterocycles. The Kier molecular flexibility index (Phi) is 7.20. The van der Waals surface area contributed by atoms with Crippen LogP contribution in [0.4, 0.5) is 4.79 Å². The molecule has 1 aliphatic rings. The maximum absolute atomic E-state index is 11.7. The highest BCUT2D eigenvalue weighted by Gasteiger charge is 2.22. The average molecular weight is 274 g/mol. The minimum absolute atomic E-state index is 0.0255. The lowest BCUT2D eigenvalue weighted by molar-refractivity contribution is -0.138. The molecule has 2 amide bonds. The summed E-state index contributed by atoms with van der Waals surface area (Å²) in [5, 5.41) is 11.3. The molecule has 1 fully saturated rings. The SMILES string of the molecule is COCCNC(=O)N1CCC(OCCC(=O)O)CC1. The van der Waals surface area contributed by atoms with Gasteiger partial charge in [-0.3, -0.25) is 4.79 Å². The minimum Gasteiger partial charge on any atom is -0.481 e. The van der Waals surface area contributed by atoms with E-state index in [1.165, 1.54) is 0 Å². The molecule has 2 N–H and O–H groups in total. The Bertz CT molecular complexity index is 290. The van der Waals surface area contributed by atoms with Gasteiger partial charge in [0.05, 0.1) is 25.7 Å². The third kappa shape index (κ3) is 6.40. The second-order valence-electron chi connectivity index (χ2n) is 4.43. The Morgan fingerprint density at radius 3 is 2.58 bits per heavy atom. The fraction of sp³-hybridized carbons (Fsp3) is 0.833. The summed E-state index contributed by atoms with van der Waals surface area (Å²) in [6.07, 6.45) is 1.58. The zero-order chi connectivity index (χ0) is 14.1. The van der Waals surface area contributed by atoms with Crippen LogP contribution >= 0.6 is 0 Å². The van der Waals surface area contributed by atoms with Crippen molar-refractivity contribution in [3.63, 3.8) is 0 Å². The first-order chi connectivity index (χ1) is 9.13. The van der Waals surface area contributed by atoms with Gasteiger partial charge in [0.25, 0.3) is 0 Å². The van der Waals surface area contributed by atoms with Gasteiger partial charge in [-0.05, 0) is 12.8 Å². The van der Waals surface area contributed by atoms with E-state index in [2.05, 4.69) is 5.32 Å². The number of hydrogen-bond donors (Lipinski definition) is 2. The first kappa shape index (κ1) is 15.7. The van der Waals surface area contributed by atoms with Gasteiger partial charge in [-0.15, -0.1) is 0 Å². The van der Waals surface area contributed by atoms with Crippen molar-refractivity contribution in [3.8, 4) is 0 Å². The van der Waals surface area contributed by atoms with Gasteiger partial charge in [0.15, 0.2) is 0 Å². The van der Waals surface area contributed by atoms with E-state index >= 15 is 0 Å². The smallest absolute Gasteiger partial charge is 0.317 e. The molecule has 1 heterocycles. The lowest BCUT2D eigenvalue weighted by Crippen LogP contribution is -2.46. The van der Waals surface area contributed by atoms with Crippen LogP contribution in [0.5, 0.6) is 0 Å². The fourth-order valence-electron chi connectivity index (χ4n) is 1.91. The van der Waals surface area contributed by atoms with Gasteiger partial charge in [0.2, 0.25) is 0 Å². The van der Waals surface area contributed by atoms with Gasteiger partial charge in [0.1, 0.15) is 0 Å². The molecule has 0 aromatic carbocycles. The molecule has 0 aromatic heterocycles. The molecule has 0 saturated carbocycles. The maximum atomic E-state index is 11.7. The van der Waals surface area contributed by atoms with Crippen LogP contribution in [0.25, 0.3) is 0 Å². The molecule has 0 unspecified atom stereocenters. The number of amides is 2. The summed E-state index contributed by atoms with van der Waals surface area (Å²) in [6, 6.07) is -0.0824. The van der Waals surface area contributed by atoms with E-state index in [0.29, 0.717) is 26.2 Å². The number of methoxy groups -OCH3 is 1. The van der Waals surface area contributed by atoms with Crippen LogP contribution in [0, 0.1) is 0 Å². The standard InChI is InChI=1S/C12H22N2O5/c1-18-9-5-13-12(17)14-6-2-10(3-7-14)19-8-4-11(15)16/h10H,2-9H2,1H3,(H,13,17)(H,15,16). The third-order valence-electron chi connectivity index (χ3n) is 2.98. The molecule has 1 rings (SSSR count). The van der Waals surface area contributed by atoms with Crippen molar-refractivity contribution in [1.82, 2.24) is 10.2 Å². The topological polar surface area (TPSA) is 88.1 Å². The summed E-state index contributed by atoms with van der Waals surface area (Å²) < 4.78 is 10.3. The summed E-state index contributed by atoms with van der Waals surface area (Å²) in [7, 11) is 1.59. The molecule has 0 spiro atoms. The molecule has 0 atom stereocenters. The van der Waals surface area contributed by atoms with E-state index < -0.39 is 5.97 Å². The van der Waals surface area contributed by atoms with E-state index in [4.69, 9.17) is 14.6 Å². The van der Waals surface area contributed by atoms with Crippen LogP contribution in [0.2, 0.25) is 0 Å². The number of aliphatic carboxylic acids is 1. The van der Waals surface area contributed by atoms with Gasteiger partial charge < -0.3 is 24.8 Å². The number of hydrogen-bond acceptors (Lipinski definition) is 4. The third-order valence-corrected chi connectivity index (χ3v) is 2.98. The lowest BCUT2D eigenvalue weighted by atomic mass is 10.1. The number of carboxylic acids is 1. The number of carboxylic acid groups (broad SMARTS) is 1. The van der Waals surface area contributed by atoms with Crippen molar-refractivity contribution < 1.29 is 24.2 Å². The molecule has 19 heavy (non-hydrogen) atoms. The summed E-state index contributed by atoms with van der Waals surface area (Å²) in [6.45, 7) is 2.51. The summed E-state index contributed by atoms with van der Waals surface area (Å²) >= 11 is 0. The van der Waals surface area contributed by atoms with Crippen LogP contribution in [0.3, 0.4) is 0 Å². The van der Waals surface area contributed by atoms with Crippen LogP contribution in [0.1, 0.15) is 19.3 Å². The summed E-state index contributed by atoms with van der Waals surface area (Å²) in [4.78, 5) is 23.8. The molecule has 0 aliphatic carbocycles. The molecule has 0 radical (unpaired) electrons. The van der Waals surface area contributed by atoms with E-state index in [0.717, 1.165) is 12.8 Å². The summed E-state index contributed by atoms with van der Waals surface area (Å²) in [5.41, 5.74) is 0. The second-order valence-corrected chi connectivity index (χ2v) is 4.43. The number of likely N-dealkylation sites (tertiary alicyclic amines) is 1. The Hall–Kier alpha value is -1.34. The monoisotopic (exact) mass is 274 g/mol. The van der Waals surface area contributed by atoms with Crippen molar-refractivity contribution in [1.29, 1.82) is 0 Å². The van der Waals surface area contributed by atoms with E-state index in [1.54, 1.807) is 12.0 Å². The normalized spacial score (nSPS) is 16.4. The highest BCUT2D eigenvalue weighted by Crippen LogP contribution is 2.13. The van der Waals surface area contributed by atoms with Gasteiger partial charge >= 0.3 is 12.0 Å². The number of urea groups is 1. The molecule has 7 nitrogen and oxygen atoms in total. The Labute approximate surface area is 112 Å². The quantitative estimate of drug-likeness (QED) is 0.652. The number of carbonyl (C=O) groups is 2. The van der Waals surface area contributed by atoms with Crippen molar-refractivity contribution in [3.05, 3.63) is 0 Å². The zero-order valence-electron chi connectivity index (χ0n) is 11.3. The lowest BCUT2D eigenvalue weighted by Gasteiger charge is -2.31. The first-order valence-corrected chi connectivity index (χ1v) is 6.48. The number of rotatable bonds is 7. The Morgan fingerprint density at radius 1 is 1.32 bits per heavy atom. The van der Waals surface area contributed by atoms with Crippen molar-refractivity contribution in [2.24, 2.45) is 0 Å². The van der Waals surface area contributed by atoms with Crippen molar-refractivity contribution >= 4 is 12.0 Å². The molecule has 7 heteroatoms. The highest BCUT2D eigenvalue weighted by atomic mass is 16.5. The average Bonchev–Trinajstić information content (AvgIpc) is 2.39. The van der Waals surface area contributed by atoms with Gasteiger partial charge in [-0.25, -0.2) is 4.79 Å². The highest BCUT2D eigenvalue weighted by molar-refractivity contribution is 5.74. The van der Waals surface area contributed by atoms with Gasteiger partial charge in [-0.1, -0.05) is 0 Å². The Balaban J connectivity index is 2.14. The fourth-order valence-corrected chi connectivity index (χ4v) is 1.91. The van der Waals surface area contributed by atoms with Crippen LogP contribution in [0.15, 0.2) is 0 Å². The van der Waals surface area contributed by atoms with Crippen LogP contribution in [-0.2, 0) is 14.3 Å². The molecule has 0 aromatic rings. The van der Waals surface area contributed by atoms with E-state index in [1.807, 2.05) is 0 Å². The first-order valence-electron chi connectivity index (χ1n) is 6.48. The van der Waals surface area contributed by atoms with Gasteiger partial charge in [-0.2, -0.15) is 0 Å². The number of piperidine rings is 1. The second kappa shape index (κ2) is 8.71. The predicted molar refractivity (Wildman–Crippen MR) is 68.1 cm³/mol. The molecule has 110 valence electrons.